The number of carbonyl (C=O) groups is 5. The minimum absolute atomic E-state index is 0.839. The molecule has 123 heavy (non-hydrogen) atoms. The fourth-order valence-electron chi connectivity index (χ4n) is 15.8. The van der Waals surface area contributed by atoms with E-state index in [0.717, 1.165) is 27.7 Å². The Bertz CT molecular complexity index is 3380. The molecule has 0 aromatic heterocycles. The number of nitrogens with one attached hydrogen (secondary N) is 4. The summed E-state index contributed by atoms with van der Waals surface area (Å²) in [6, 6.07) is -7.46. The maximum Gasteiger partial charge on any atom is 0.335 e. The highest BCUT2D eigenvalue weighted by molar-refractivity contribution is 5.75. The van der Waals surface area contributed by atoms with Gasteiger partial charge in [-0.1, -0.05) is 0 Å². The molecule has 0 spiro atoms. The van der Waals surface area contributed by atoms with E-state index in [0.29, 0.717) is 0 Å². The van der Waals surface area contributed by atoms with Gasteiger partial charge in [0.05, 0.1) is 59.0 Å². The lowest BCUT2D eigenvalue weighted by Crippen LogP contribution is -2.71. The van der Waals surface area contributed by atoms with E-state index in [2.05, 4.69) is 21.3 Å². The minimum Gasteiger partial charge on any atom is -0.479 e. The van der Waals surface area contributed by atoms with Crippen LogP contribution in [0.1, 0.15) is 34.6 Å². The molecule has 10 saturated heterocycles. The molecule has 4 amide bonds. The number of carboxylic acid groups (broad SMARTS) is 1. The van der Waals surface area contributed by atoms with Crippen molar-refractivity contribution in [3.8, 4) is 0 Å². The lowest BCUT2D eigenvalue weighted by atomic mass is 9.93. The molecule has 10 fully saturated rings. The molecule has 0 bridgehead atoms. The topological polar surface area (TPSA) is 855 Å². The Balaban J connectivity index is 0.923. The van der Waals surface area contributed by atoms with Gasteiger partial charge in [-0.15, -0.1) is 0 Å². The first kappa shape index (κ1) is 101. The van der Waals surface area contributed by atoms with Gasteiger partial charge in [-0.3, -0.25) is 19.2 Å². The number of carbonyl (C=O) groups excluding carboxylic acids is 4. The smallest absolute Gasteiger partial charge is 0.335 e. The molecule has 55 heteroatoms. The lowest BCUT2D eigenvalue weighted by molar-refractivity contribution is -0.394. The second kappa shape index (κ2) is 43.5. The first-order valence-corrected chi connectivity index (χ1v) is 39.0. The average Bonchev–Trinajstić information content (AvgIpc) is 0.764. The second-order valence-electron chi connectivity index (χ2n) is 31.0. The number of amides is 4. The van der Waals surface area contributed by atoms with Crippen LogP contribution in [-0.2, 0) is 114 Å². The average molecular weight is 1800 g/mol. The molecule has 50 atom stereocenters. The number of aliphatic carboxylic acids is 1. The van der Waals surface area contributed by atoms with E-state index in [-0.39, 0.29) is 0 Å². The maximum absolute atomic E-state index is 13.2. The van der Waals surface area contributed by atoms with Gasteiger partial charge >= 0.3 is 5.97 Å². The summed E-state index contributed by atoms with van der Waals surface area (Å²) < 4.78 is 111. The third kappa shape index (κ3) is 22.3. The Morgan fingerprint density at radius 2 is 0.553 bits per heavy atom. The number of carboxylic acids is 1. The summed E-state index contributed by atoms with van der Waals surface area (Å²) in [4.78, 5) is 62.9. The summed E-state index contributed by atoms with van der Waals surface area (Å²) in [7, 11) is 0. The Morgan fingerprint density at radius 1 is 0.252 bits per heavy atom. The van der Waals surface area contributed by atoms with Crippen molar-refractivity contribution in [2.45, 2.75) is 341 Å². The van der Waals surface area contributed by atoms with Gasteiger partial charge in [0.2, 0.25) is 23.6 Å². The molecule has 10 heterocycles. The summed E-state index contributed by atoms with van der Waals surface area (Å²) in [5.74, 6) is -5.51. The highest BCUT2D eigenvalue weighted by Gasteiger charge is 2.62. The minimum atomic E-state index is -2.57. The molecule has 0 unspecified atom stereocenters. The van der Waals surface area contributed by atoms with Crippen molar-refractivity contribution >= 4 is 29.6 Å². The molecule has 0 aliphatic carbocycles. The van der Waals surface area contributed by atoms with Crippen LogP contribution in [0.3, 0.4) is 0 Å². The largest absolute Gasteiger partial charge is 0.479 e. The summed E-state index contributed by atoms with van der Waals surface area (Å²) >= 11 is 0. The molecule has 55 nitrogen and oxygen atoms in total. The van der Waals surface area contributed by atoms with Crippen LogP contribution in [0.2, 0.25) is 0 Å². The van der Waals surface area contributed by atoms with E-state index in [4.69, 9.17) is 90.0 Å². The molecule has 10 aliphatic heterocycles. The maximum atomic E-state index is 13.2. The number of ether oxygens (including phenoxy) is 19. The number of hydrogen-bond donors (Lipinski definition) is 31. The normalized spacial score (nSPS) is 49.4. The van der Waals surface area contributed by atoms with Crippen molar-refractivity contribution in [3.63, 3.8) is 0 Å². The Hall–Kier alpha value is -4.45. The lowest BCUT2D eigenvalue weighted by Gasteiger charge is -2.51. The van der Waals surface area contributed by atoms with Crippen LogP contribution >= 0.6 is 0 Å². The molecular weight excluding hydrogens is 1690 g/mol. The predicted octanol–water partition coefficient (Wildman–Crippen LogP) is -21.1. The number of rotatable bonds is 31. The molecule has 0 saturated carbocycles. The van der Waals surface area contributed by atoms with Crippen LogP contribution < -0.4 is 21.3 Å². The van der Waals surface area contributed by atoms with Gasteiger partial charge in [-0.25, -0.2) is 4.79 Å². The van der Waals surface area contributed by atoms with E-state index in [9.17, 15) is 162 Å². The van der Waals surface area contributed by atoms with Crippen molar-refractivity contribution in [3.05, 3.63) is 0 Å². The van der Waals surface area contributed by atoms with Gasteiger partial charge in [0.1, 0.15) is 232 Å². The van der Waals surface area contributed by atoms with Crippen molar-refractivity contribution in [1.82, 2.24) is 21.3 Å². The van der Waals surface area contributed by atoms with Crippen LogP contribution in [0.25, 0.3) is 0 Å². The highest BCUT2D eigenvalue weighted by Crippen LogP contribution is 2.41. The van der Waals surface area contributed by atoms with Crippen molar-refractivity contribution in [1.29, 1.82) is 0 Å². The number of hydrogen-bond acceptors (Lipinski definition) is 50. The van der Waals surface area contributed by atoms with Crippen LogP contribution in [0.4, 0.5) is 0 Å². The van der Waals surface area contributed by atoms with Crippen molar-refractivity contribution in [2.24, 2.45) is 0 Å². The van der Waals surface area contributed by atoms with Crippen LogP contribution in [0.5, 0.6) is 0 Å². The first-order chi connectivity index (χ1) is 58.0. The second-order valence-corrected chi connectivity index (χ2v) is 31.0. The van der Waals surface area contributed by atoms with Gasteiger partial charge in [0.25, 0.3) is 0 Å². The molecule has 10 rings (SSSR count). The van der Waals surface area contributed by atoms with E-state index >= 15 is 0 Å². The molecule has 710 valence electrons. The zero-order chi connectivity index (χ0) is 90.7. The number of aliphatic hydroxyl groups excluding tert-OH is 26. The van der Waals surface area contributed by atoms with E-state index in [1.807, 2.05) is 0 Å². The van der Waals surface area contributed by atoms with Gasteiger partial charge in [-0.2, -0.15) is 0 Å². The highest BCUT2D eigenvalue weighted by atomic mass is 16.8. The van der Waals surface area contributed by atoms with Gasteiger partial charge < -0.3 is 249 Å². The van der Waals surface area contributed by atoms with Gasteiger partial charge in [-0.05, 0) is 6.92 Å². The summed E-state index contributed by atoms with van der Waals surface area (Å²) in [6.45, 7) is -3.81. The third-order valence-electron chi connectivity index (χ3n) is 22.4. The number of aliphatic hydroxyl groups is 26. The summed E-state index contributed by atoms with van der Waals surface area (Å²) in [5.41, 5.74) is 0. The van der Waals surface area contributed by atoms with Crippen LogP contribution in [0.15, 0.2) is 0 Å². The molecule has 10 aliphatic rings. The summed E-state index contributed by atoms with van der Waals surface area (Å²) in [5, 5.41) is 310. The zero-order valence-electron chi connectivity index (χ0n) is 65.9. The Morgan fingerprint density at radius 3 is 1.02 bits per heavy atom. The SMILES string of the molecule is CC(=O)N[C@@H]1[C@@H](O)[C@H](O[C@@H]2O[C@H](CO)[C@@H](O[C@@H]3O[C@H](CO[C@H]4O[C@H](CO)[C@@H](O)[C@H](O)[C@@H]4O[C@@H]4O[C@H](CO)[C@@H](O)[C@H](O)[C@H]4NC(C)=O)[C@@H](O)[C@H](O[C@H]4O[C@H](CO)[C@@H](O[C@@H]5O[C@H](CO)[C@@H](O[C@@H]6O[C@H](CO)[C@H](O)[C@H](O[C@@H]7O[C@H](C(=O)O)[C@@H](O)[C@H](O)[C@H]7O)[C@H]6O)[C@H](O)[C@H]5NC(C)=O)[C@H](O)[C@@H]4O)[C@@H]3O)[C@H](O)[C@H]2NC(C)=O)[C@@H](CO[C@@H]2O[C@@H](C)[C@@H](O)[C@@H](O)[C@@H]2O)O[C@H]1O. The molecule has 0 radical (unpaired) electrons. The monoisotopic (exact) mass is 1800 g/mol. The van der Waals surface area contributed by atoms with Crippen LogP contribution in [0, 0.1) is 0 Å². The molecule has 31 N–H and O–H groups in total. The van der Waals surface area contributed by atoms with E-state index < -0.39 is 389 Å². The van der Waals surface area contributed by atoms with Crippen molar-refractivity contribution in [2.75, 3.05) is 52.9 Å². The Kier molecular flexibility index (Phi) is 35.6. The molecular formula is C68H112N4O51. The predicted molar refractivity (Wildman–Crippen MR) is 375 cm³/mol. The molecule has 0 aromatic carbocycles. The molecule has 0 aromatic rings. The van der Waals surface area contributed by atoms with Crippen LogP contribution in [-0.4, -0.2) is 527 Å². The summed E-state index contributed by atoms with van der Waals surface area (Å²) in [6.07, 6.45) is -96.5. The first-order valence-electron chi connectivity index (χ1n) is 39.0. The quantitative estimate of drug-likeness (QED) is 0.0306. The Labute approximate surface area is 695 Å². The van der Waals surface area contributed by atoms with Crippen molar-refractivity contribution < 1.29 is 252 Å². The van der Waals surface area contributed by atoms with Gasteiger partial charge in [0, 0.05) is 27.7 Å². The standard InChI is InChI=1S/C68H112N4O51/c1-14-31(83)40(92)45(97)63(107-14)105-13-26-53(37(89)27(59(104)108-26)69-15(2)79)117-62-30(72-18(5)82)39(91)51(23(10-77)113-62)119-67-49(101)55(35(87)25(115-67)12-106-68-57(42(94)33(85)20(7-74)111-68)123-60-28(70-16(3)80)36(88)32(84)19(6-73)109-60)120-64-47(99)44(96)52(24(11-78)114-64)116-61-29(71-17(4)81)38(90)50(22(9-76)112-61)118-66-48(100)54(34(86)21(8-75)110-66)121-65-46(98)41(93)43(95)56(122-65)58(102)103/h14,19-57,59-68,73-78,83-101,104H,6-13H2,1-5H3,(H,69,79)(H,70,80)(H,71,81)(H,72,82)(H,102,103)/t14-,19+,20+,21+,22+,23+,24+,25+,26+,27+,28+,29+,30+,31+,32+,33+,34-,35+,36+,37+,38+,39+,40+,41-,42-,43-,44+,45-,46+,47-,48+,49-,50+,51+,52+,53+,54-,55-,56-,57-,59+,60-,61-,62-,63+,64+,65+,66-,67-,68-/m0/s1. The van der Waals surface area contributed by atoms with E-state index in [1.165, 1.54) is 6.92 Å². The zero-order valence-corrected chi connectivity index (χ0v) is 65.9. The third-order valence-corrected chi connectivity index (χ3v) is 22.4. The fraction of sp³-hybridized carbons (Fsp3) is 0.926. The van der Waals surface area contributed by atoms with E-state index in [1.54, 1.807) is 0 Å². The van der Waals surface area contributed by atoms with Gasteiger partial charge in [0.15, 0.2) is 69.0 Å². The fourth-order valence-corrected chi connectivity index (χ4v) is 15.8.